The molecule has 56 heavy (non-hydrogen) atoms. The number of carbonyl (C=O) groups excluding carboxylic acids is 1. The topological polar surface area (TPSA) is 307 Å². The third-order valence-electron chi connectivity index (χ3n) is 9.37. The summed E-state index contributed by atoms with van der Waals surface area (Å²) in [5, 5.41) is 97.1. The molecule has 2 aromatic carbocycles. The summed E-state index contributed by atoms with van der Waals surface area (Å²) in [4.78, 5) is 37.4. The Morgan fingerprint density at radius 1 is 0.911 bits per heavy atom. The van der Waals surface area contributed by atoms with Crippen LogP contribution in [-0.2, 0) is 23.7 Å². The van der Waals surface area contributed by atoms with Crippen molar-refractivity contribution in [1.29, 1.82) is 0 Å². The molecule has 300 valence electrons. The molecule has 9 atom stereocenters. The van der Waals surface area contributed by atoms with E-state index in [9.17, 15) is 60.3 Å². The Bertz CT molecular complexity index is 2130. The fourth-order valence-electron chi connectivity index (χ4n) is 6.47. The average molecular weight is 803 g/mol. The number of hydrogen-bond donors (Lipinski definition) is 11. The van der Waals surface area contributed by atoms with Gasteiger partial charge in [0.15, 0.2) is 23.1 Å². The number of benzene rings is 3. The number of anilines is 1. The van der Waals surface area contributed by atoms with Gasteiger partial charge in [0.05, 0.1) is 24.9 Å². The van der Waals surface area contributed by atoms with E-state index in [0.717, 1.165) is 0 Å². The van der Waals surface area contributed by atoms with E-state index in [1.165, 1.54) is 48.5 Å². The quantitative estimate of drug-likeness (QED) is 0.0483. The van der Waals surface area contributed by atoms with Gasteiger partial charge in [0.25, 0.3) is 0 Å². The molecule has 20 heteroatoms. The highest BCUT2D eigenvalue weighted by atomic mass is 32.1. The van der Waals surface area contributed by atoms with Crippen LogP contribution in [0.2, 0.25) is 0 Å². The van der Waals surface area contributed by atoms with E-state index in [1.807, 2.05) is 0 Å². The van der Waals surface area contributed by atoms with Gasteiger partial charge in [0.2, 0.25) is 0 Å². The molecule has 0 amide bonds. The van der Waals surface area contributed by atoms with Crippen molar-refractivity contribution in [2.45, 2.75) is 61.2 Å². The Morgan fingerprint density at radius 3 is 2.38 bits per heavy atom. The number of carbonyl (C=O) groups is 2. The van der Waals surface area contributed by atoms with Crippen LogP contribution in [0.5, 0.6) is 5.75 Å². The lowest BCUT2D eigenvalue weighted by Gasteiger charge is -2.46. The number of aliphatic hydroxyl groups excluding tert-OH is 7. The van der Waals surface area contributed by atoms with Crippen LogP contribution >= 0.6 is 12.2 Å². The van der Waals surface area contributed by atoms with Crippen LogP contribution in [-0.4, -0.2) is 144 Å². The van der Waals surface area contributed by atoms with Crippen molar-refractivity contribution < 1.29 is 78.9 Å². The van der Waals surface area contributed by atoms with Gasteiger partial charge in [-0.3, -0.25) is 9.59 Å². The molecule has 0 bridgehead atoms. The minimum Gasteiger partial charge on any atom is -0.508 e. The molecule has 0 spiro atoms. The lowest BCUT2D eigenvalue weighted by Crippen LogP contribution is -2.63. The Balaban J connectivity index is 1.10. The van der Waals surface area contributed by atoms with E-state index in [-0.39, 0.29) is 44.4 Å². The molecule has 6 rings (SSSR count). The maximum atomic E-state index is 12.7. The van der Waals surface area contributed by atoms with E-state index in [1.54, 1.807) is 6.07 Å². The van der Waals surface area contributed by atoms with Crippen molar-refractivity contribution in [3.05, 3.63) is 70.4 Å². The normalized spacial score (nSPS) is 27.8. The molecule has 1 aliphatic carbocycles. The predicted molar refractivity (Wildman–Crippen MR) is 195 cm³/mol. The highest BCUT2D eigenvalue weighted by molar-refractivity contribution is 7.80. The maximum Gasteiger partial charge on any atom is 0.336 e. The summed E-state index contributed by atoms with van der Waals surface area (Å²) in [5.41, 5.74) is -0.743. The largest absolute Gasteiger partial charge is 0.508 e. The summed E-state index contributed by atoms with van der Waals surface area (Å²) in [5.74, 6) is -2.14. The summed E-state index contributed by atoms with van der Waals surface area (Å²) in [7, 11) is 0. The first-order valence-electron chi connectivity index (χ1n) is 17.0. The number of fused-ring (bicyclic) bond motifs is 2. The van der Waals surface area contributed by atoms with Gasteiger partial charge >= 0.3 is 11.9 Å². The van der Waals surface area contributed by atoms with E-state index in [2.05, 4.69) is 10.6 Å². The molecule has 2 fully saturated rings. The first-order chi connectivity index (χ1) is 26.6. The SMILES string of the molecule is O=C(CNC(=S)Nc1ccc(-c2c3ccc(=O)cc-3oc3cc(O)ccc23)c(C(=O)O)c1)OCC1(CO)CC(O)C(O)[C@@H](O[C@H]2OC(CO)[C@@H](O)C(O)C2O)O1. The van der Waals surface area contributed by atoms with Crippen LogP contribution in [0.15, 0.2) is 63.8 Å². The molecule has 0 radical (unpaired) electrons. The van der Waals surface area contributed by atoms with Crippen molar-refractivity contribution in [3.8, 4) is 28.2 Å². The molecule has 0 aromatic heterocycles. The number of ether oxygens (including phenoxy) is 4. The number of hydrogen-bond acceptors (Lipinski definition) is 17. The second kappa shape index (κ2) is 16.7. The number of phenols is 1. The van der Waals surface area contributed by atoms with E-state index >= 15 is 0 Å². The number of rotatable bonds is 11. The minimum absolute atomic E-state index is 0.102. The Kier molecular flexibility index (Phi) is 12.2. The van der Waals surface area contributed by atoms with Gasteiger partial charge in [-0.1, -0.05) is 6.07 Å². The first-order valence-corrected chi connectivity index (χ1v) is 17.4. The van der Waals surface area contributed by atoms with Gasteiger partial charge in [-0.25, -0.2) is 4.79 Å². The van der Waals surface area contributed by atoms with Gasteiger partial charge in [-0.15, -0.1) is 0 Å². The summed E-state index contributed by atoms with van der Waals surface area (Å²) in [6, 6.07) is 12.8. The molecule has 2 saturated heterocycles. The molecule has 3 heterocycles. The third-order valence-corrected chi connectivity index (χ3v) is 9.62. The highest BCUT2D eigenvalue weighted by Crippen LogP contribution is 2.42. The number of esters is 1. The second-order valence-corrected chi connectivity index (χ2v) is 13.7. The third kappa shape index (κ3) is 8.45. The van der Waals surface area contributed by atoms with Crippen molar-refractivity contribution >= 4 is 45.9 Å². The average Bonchev–Trinajstić information content (AvgIpc) is 3.17. The first kappa shape index (κ1) is 40.8. The van der Waals surface area contributed by atoms with Gasteiger partial charge in [-0.2, -0.15) is 0 Å². The number of carboxylic acid groups (broad SMARTS) is 1. The van der Waals surface area contributed by atoms with Gasteiger partial charge < -0.3 is 80.0 Å². The Morgan fingerprint density at radius 2 is 1.66 bits per heavy atom. The molecule has 11 N–H and O–H groups in total. The van der Waals surface area contributed by atoms with E-state index in [0.29, 0.717) is 16.5 Å². The number of aliphatic hydroxyl groups is 7. The number of carboxylic acids is 1. The fourth-order valence-corrected chi connectivity index (χ4v) is 6.66. The van der Waals surface area contributed by atoms with E-state index < -0.39 is 99.5 Å². The molecular formula is C36H38N2O17S. The second-order valence-electron chi connectivity index (χ2n) is 13.3. The molecule has 0 saturated carbocycles. The van der Waals surface area contributed by atoms with Crippen LogP contribution in [0.3, 0.4) is 0 Å². The van der Waals surface area contributed by atoms with Crippen molar-refractivity contribution in [3.63, 3.8) is 0 Å². The lowest BCUT2D eigenvalue weighted by atomic mass is 9.90. The summed E-state index contributed by atoms with van der Waals surface area (Å²) in [6.07, 6.45) is -14.1. The zero-order chi connectivity index (χ0) is 40.5. The molecule has 6 unspecified atom stereocenters. The summed E-state index contributed by atoms with van der Waals surface area (Å²) >= 11 is 5.29. The molecular weight excluding hydrogens is 764 g/mol. The van der Waals surface area contributed by atoms with Gasteiger partial charge in [-0.05, 0) is 54.2 Å². The smallest absolute Gasteiger partial charge is 0.336 e. The standard InChI is InChI=1S/C36H38N2O17S/c39-12-25-29(46)30(47)31(48)33(53-25)54-34-28(45)22(43)10-36(13-40,55-34)14-51-26(44)11-37-35(56)38-15-1-4-18(21(7-15)32(49)50)27-19-5-2-16(41)8-23(19)52-24-9-17(42)3-6-20(24)27/h1-9,22,25,28-31,33-34,39-41,43,45-48H,10-14H2,(H,49,50)(H2,37,38,56)/t22?,25?,28?,29-,30?,31?,33-,34+,36?/m1/s1. The number of nitrogens with one attached hydrogen (secondary N) is 2. The van der Waals surface area contributed by atoms with Crippen LogP contribution in [0.1, 0.15) is 16.8 Å². The molecule has 4 aliphatic rings. The predicted octanol–water partition coefficient (Wildman–Crippen LogP) is -1.19. The zero-order valence-electron chi connectivity index (χ0n) is 29.0. The van der Waals surface area contributed by atoms with Crippen molar-refractivity contribution in [2.24, 2.45) is 0 Å². The lowest BCUT2D eigenvalue weighted by molar-refractivity contribution is -0.382. The van der Waals surface area contributed by atoms with Crippen LogP contribution in [0.4, 0.5) is 5.69 Å². The molecule has 19 nitrogen and oxygen atoms in total. The van der Waals surface area contributed by atoms with Crippen molar-refractivity contribution in [2.75, 3.05) is 31.7 Å². The van der Waals surface area contributed by atoms with Gasteiger partial charge in [0, 0.05) is 40.8 Å². The molecule has 2 aromatic rings. The minimum atomic E-state index is -1.87. The van der Waals surface area contributed by atoms with Crippen LogP contribution in [0.25, 0.3) is 33.4 Å². The highest BCUT2D eigenvalue weighted by Gasteiger charge is 2.51. The van der Waals surface area contributed by atoms with Crippen molar-refractivity contribution in [1.82, 2.24) is 5.32 Å². The fraction of sp³-hybridized carbons (Fsp3) is 0.389. The number of thiocarbonyl (C=S) groups is 1. The van der Waals surface area contributed by atoms with Crippen LogP contribution in [0, 0.1) is 0 Å². The Hall–Kier alpha value is -4.84. The summed E-state index contributed by atoms with van der Waals surface area (Å²) < 4.78 is 27.5. The number of aromatic carboxylic acids is 1. The van der Waals surface area contributed by atoms with Gasteiger partial charge in [0.1, 0.15) is 66.4 Å². The zero-order valence-corrected chi connectivity index (χ0v) is 29.9. The monoisotopic (exact) mass is 802 g/mol. The van der Waals surface area contributed by atoms with Crippen LogP contribution < -0.4 is 16.1 Å². The number of aromatic hydroxyl groups is 1. The van der Waals surface area contributed by atoms with E-state index in [4.69, 9.17) is 35.6 Å². The molecule has 3 aliphatic heterocycles. The summed E-state index contributed by atoms with van der Waals surface area (Å²) in [6.45, 7) is -2.81. The Labute approximate surface area is 321 Å². The number of phenolic OH excluding ortho intramolecular Hbond substituents is 1. The maximum absolute atomic E-state index is 12.7.